The summed E-state index contributed by atoms with van der Waals surface area (Å²) >= 11 is 0. The molecule has 0 bridgehead atoms. The molecule has 2 radical (unpaired) electrons. The normalized spacial score (nSPS) is 12.4. The van der Waals surface area contributed by atoms with Gasteiger partial charge in [0.25, 0.3) is 0 Å². The molecule has 6 rings (SSSR count). The lowest BCUT2D eigenvalue weighted by Gasteiger charge is -2.09. The Balaban J connectivity index is 1.57. The molecule has 1 unspecified atom stereocenters. The first-order valence-corrected chi connectivity index (χ1v) is 12.9. The highest BCUT2D eigenvalue weighted by Crippen LogP contribution is 2.39. The molecule has 1 N–H and O–H groups in total. The number of nitrogens with zero attached hydrogens (tertiary/aromatic N) is 4. The molecular formula is C27H21BN5P. The first kappa shape index (κ1) is 20.8. The summed E-state index contributed by atoms with van der Waals surface area (Å²) in [5.41, 5.74) is 6.98. The molecular weight excluding hydrogens is 436 g/mol. The number of hydrogen-bond donors (Lipinski definition) is 1. The fraction of sp³-hybridized carbons (Fsp3) is 0.0741. The topological polar surface area (TPSA) is 59.4 Å². The summed E-state index contributed by atoms with van der Waals surface area (Å²) in [5.74, 6) is 0.741. The number of hydrogen-bond acceptors (Lipinski definition) is 3. The fourth-order valence-electron chi connectivity index (χ4n) is 4.48. The van der Waals surface area contributed by atoms with Gasteiger partial charge in [-0.15, -0.1) is 0 Å². The number of nitrogens with one attached hydrogen (secondary N) is 1. The van der Waals surface area contributed by atoms with E-state index >= 15 is 0 Å². The Morgan fingerprint density at radius 2 is 1.65 bits per heavy atom. The number of aromatic amines is 1. The second-order valence-electron chi connectivity index (χ2n) is 8.38. The highest BCUT2D eigenvalue weighted by atomic mass is 31.1. The number of rotatable bonds is 4. The van der Waals surface area contributed by atoms with Crippen LogP contribution in [0.1, 0.15) is 5.69 Å². The maximum atomic E-state index is 6.35. The van der Waals surface area contributed by atoms with Gasteiger partial charge in [0, 0.05) is 40.0 Å². The van der Waals surface area contributed by atoms with Crippen LogP contribution in [0.2, 0.25) is 0 Å². The van der Waals surface area contributed by atoms with Gasteiger partial charge in [-0.05, 0) is 44.6 Å². The van der Waals surface area contributed by atoms with Crippen molar-refractivity contribution < 1.29 is 0 Å². The van der Waals surface area contributed by atoms with E-state index in [0.29, 0.717) is 0 Å². The zero-order chi connectivity index (χ0) is 23.2. The van der Waals surface area contributed by atoms with E-state index in [4.69, 9.17) is 17.6 Å². The lowest BCUT2D eigenvalue weighted by Crippen LogP contribution is -1.93. The molecule has 162 valence electrons. The molecule has 0 saturated heterocycles. The molecule has 3 aromatic carbocycles. The number of fused-ring (bicyclic) bond motifs is 2. The van der Waals surface area contributed by atoms with Crippen molar-refractivity contribution in [3.8, 4) is 33.9 Å². The van der Waals surface area contributed by atoms with Crippen molar-refractivity contribution >= 4 is 37.2 Å². The van der Waals surface area contributed by atoms with Crippen molar-refractivity contribution in [2.75, 3.05) is 6.66 Å². The minimum Gasteiger partial charge on any atom is -0.340 e. The van der Waals surface area contributed by atoms with Crippen molar-refractivity contribution in [3.05, 3.63) is 90.9 Å². The van der Waals surface area contributed by atoms with Gasteiger partial charge in [0.2, 0.25) is 0 Å². The van der Waals surface area contributed by atoms with E-state index in [2.05, 4.69) is 58.5 Å². The van der Waals surface area contributed by atoms with Gasteiger partial charge >= 0.3 is 0 Å². The predicted octanol–water partition coefficient (Wildman–Crippen LogP) is 6.58. The molecule has 3 aromatic heterocycles. The van der Waals surface area contributed by atoms with Crippen molar-refractivity contribution in [2.24, 2.45) is 0 Å². The summed E-state index contributed by atoms with van der Waals surface area (Å²) in [4.78, 5) is 12.9. The Morgan fingerprint density at radius 1 is 0.853 bits per heavy atom. The van der Waals surface area contributed by atoms with Gasteiger partial charge in [0.15, 0.2) is 5.82 Å². The quantitative estimate of drug-likeness (QED) is 0.241. The van der Waals surface area contributed by atoms with Crippen molar-refractivity contribution in [3.63, 3.8) is 0 Å². The third-order valence-electron chi connectivity index (χ3n) is 6.10. The van der Waals surface area contributed by atoms with Crippen LogP contribution in [0, 0.1) is 6.92 Å². The number of H-pyrrole nitrogens is 1. The van der Waals surface area contributed by atoms with Gasteiger partial charge in [0.1, 0.15) is 13.3 Å². The maximum Gasteiger partial charge on any atom is 0.159 e. The monoisotopic (exact) mass is 457 g/mol. The Kier molecular flexibility index (Phi) is 5.04. The summed E-state index contributed by atoms with van der Waals surface area (Å²) in [7, 11) is 5.40. The molecule has 5 nitrogen and oxygen atoms in total. The molecule has 3 heterocycles. The zero-order valence-corrected chi connectivity index (χ0v) is 19.8. The Hall–Kier alpha value is -3.76. The highest BCUT2D eigenvalue weighted by molar-refractivity contribution is 7.80. The second-order valence-corrected chi connectivity index (χ2v) is 9.90. The molecule has 0 aliphatic heterocycles. The fourth-order valence-corrected chi connectivity index (χ4v) is 5.23. The molecule has 0 spiro atoms. The zero-order valence-electron chi connectivity index (χ0n) is 18.9. The third kappa shape index (κ3) is 3.42. The van der Waals surface area contributed by atoms with Crippen molar-refractivity contribution in [2.45, 2.75) is 6.92 Å². The smallest absolute Gasteiger partial charge is 0.159 e. The number of pyridine rings is 1. The van der Waals surface area contributed by atoms with E-state index < -0.39 is 7.95 Å². The van der Waals surface area contributed by atoms with Gasteiger partial charge in [-0.25, -0.2) is 4.98 Å². The Bertz CT molecular complexity index is 1650. The molecule has 0 fully saturated rings. The van der Waals surface area contributed by atoms with Crippen LogP contribution < -0.4 is 0 Å². The molecule has 0 aliphatic rings. The number of aryl methyl sites for hydroxylation is 1. The standard InChI is InChI=1S/C27H21BN5P/c1-17-25(18-8-4-3-5-9-18)31-27(30-17)26-22-14-19(12-13-24(22)33(32-26)34(2)28)23-16-29-15-20-10-6-7-11-21(20)23/h3-16H,1-2H3,(H,30,31). The van der Waals surface area contributed by atoms with Crippen LogP contribution in [-0.2, 0) is 0 Å². The summed E-state index contributed by atoms with van der Waals surface area (Å²) in [6.07, 6.45) is 3.82. The molecule has 34 heavy (non-hydrogen) atoms. The minimum absolute atomic E-state index is 0.741. The van der Waals surface area contributed by atoms with E-state index in [-0.39, 0.29) is 0 Å². The lowest BCUT2D eigenvalue weighted by molar-refractivity contribution is 1.02. The Morgan fingerprint density at radius 3 is 2.47 bits per heavy atom. The predicted molar refractivity (Wildman–Crippen MR) is 142 cm³/mol. The van der Waals surface area contributed by atoms with E-state index in [9.17, 15) is 0 Å². The SMILES string of the molecule is [B]P(C)n1nc(-c2nc(-c3ccccc3)c(C)[nH]2)c2cc(-c3cncc4ccccc34)ccc21. The summed E-state index contributed by atoms with van der Waals surface area (Å²) < 4.78 is 1.92. The molecule has 0 amide bonds. The van der Waals surface area contributed by atoms with Crippen LogP contribution >= 0.6 is 7.95 Å². The van der Waals surface area contributed by atoms with Crippen LogP contribution in [0.3, 0.4) is 0 Å². The van der Waals surface area contributed by atoms with E-state index in [0.717, 1.165) is 55.9 Å². The van der Waals surface area contributed by atoms with E-state index in [1.165, 1.54) is 5.39 Å². The molecule has 0 aliphatic carbocycles. The highest BCUT2D eigenvalue weighted by Gasteiger charge is 2.19. The van der Waals surface area contributed by atoms with Gasteiger partial charge in [-0.2, -0.15) is 5.10 Å². The van der Waals surface area contributed by atoms with Crippen molar-refractivity contribution in [1.29, 1.82) is 0 Å². The van der Waals surface area contributed by atoms with Crippen LogP contribution in [-0.4, -0.2) is 38.7 Å². The average molecular weight is 457 g/mol. The van der Waals surface area contributed by atoms with Gasteiger partial charge in [-0.3, -0.25) is 9.44 Å². The molecule has 1 atom stereocenters. The summed E-state index contributed by atoms with van der Waals surface area (Å²) in [5, 5.41) is 8.21. The maximum absolute atomic E-state index is 6.35. The number of aromatic nitrogens is 5. The van der Waals surface area contributed by atoms with Crippen LogP contribution in [0.25, 0.3) is 55.6 Å². The molecule has 7 heteroatoms. The lowest BCUT2D eigenvalue weighted by atomic mass is 9.99. The van der Waals surface area contributed by atoms with Crippen molar-refractivity contribution in [1.82, 2.24) is 24.5 Å². The van der Waals surface area contributed by atoms with Gasteiger partial charge < -0.3 is 4.98 Å². The summed E-state index contributed by atoms with van der Waals surface area (Å²) in [6, 6.07) is 24.9. The van der Waals surface area contributed by atoms with E-state index in [1.807, 2.05) is 54.7 Å². The van der Waals surface area contributed by atoms with Gasteiger partial charge in [-0.1, -0.05) is 60.7 Å². The third-order valence-corrected chi connectivity index (χ3v) is 7.00. The average Bonchev–Trinajstić information content (AvgIpc) is 3.44. The number of benzene rings is 3. The molecule has 0 saturated carbocycles. The Labute approximate surface area is 200 Å². The van der Waals surface area contributed by atoms with Crippen LogP contribution in [0.5, 0.6) is 0 Å². The first-order valence-electron chi connectivity index (χ1n) is 11.1. The molecule has 6 aromatic rings. The second kappa shape index (κ2) is 8.23. The minimum atomic E-state index is -0.950. The summed E-state index contributed by atoms with van der Waals surface area (Å²) in [6.45, 7) is 4.04. The van der Waals surface area contributed by atoms with Crippen LogP contribution in [0.15, 0.2) is 85.2 Å². The van der Waals surface area contributed by atoms with Gasteiger partial charge in [0.05, 0.1) is 11.2 Å². The largest absolute Gasteiger partial charge is 0.340 e. The number of imidazole rings is 1. The van der Waals surface area contributed by atoms with Crippen LogP contribution in [0.4, 0.5) is 0 Å². The van der Waals surface area contributed by atoms with E-state index in [1.54, 1.807) is 0 Å². The first-order chi connectivity index (χ1) is 16.6.